The Bertz CT molecular complexity index is 1260. The Morgan fingerprint density at radius 3 is 2.52 bits per heavy atom. The van der Waals surface area contributed by atoms with Crippen molar-refractivity contribution >= 4 is 27.3 Å². The molecule has 0 radical (unpaired) electrons. The van der Waals surface area contributed by atoms with E-state index >= 15 is 0 Å². The molecule has 4 heterocycles. The van der Waals surface area contributed by atoms with Gasteiger partial charge in [0.05, 0.1) is 17.3 Å². The van der Waals surface area contributed by atoms with Crippen LogP contribution in [0.15, 0.2) is 47.9 Å². The van der Waals surface area contributed by atoms with Gasteiger partial charge in [0, 0.05) is 50.5 Å². The summed E-state index contributed by atoms with van der Waals surface area (Å²) in [5.41, 5.74) is 1.94. The molecule has 172 valence electrons. The molecule has 2 aromatic heterocycles. The molecule has 2 aliphatic rings. The molecule has 0 bridgehead atoms. The molecular weight excluding hydrogens is 444 g/mol. The monoisotopic (exact) mass is 468 g/mol. The van der Waals surface area contributed by atoms with Crippen molar-refractivity contribution in [2.75, 3.05) is 35.7 Å². The first-order valence-electron chi connectivity index (χ1n) is 10.7. The van der Waals surface area contributed by atoms with Crippen LogP contribution in [0.1, 0.15) is 18.4 Å². The fourth-order valence-corrected chi connectivity index (χ4v) is 4.88. The Hall–Kier alpha value is -3.47. The Kier molecular flexibility index (Phi) is 5.49. The molecule has 0 saturated carbocycles. The Morgan fingerprint density at radius 1 is 1.03 bits per heavy atom. The normalized spacial score (nSPS) is 16.6. The van der Waals surface area contributed by atoms with Crippen LogP contribution in [0.5, 0.6) is 11.6 Å². The minimum Gasteiger partial charge on any atom is -0.505 e. The fourth-order valence-electron chi connectivity index (χ4n) is 4.21. The first-order valence-corrected chi connectivity index (χ1v) is 12.6. The van der Waals surface area contributed by atoms with E-state index in [2.05, 4.69) is 29.7 Å². The lowest BCUT2D eigenvalue weighted by atomic mass is 10.1. The lowest BCUT2D eigenvalue weighted by Gasteiger charge is -2.31. The molecule has 3 aromatic rings. The van der Waals surface area contributed by atoms with Gasteiger partial charge in [-0.15, -0.1) is 0 Å². The van der Waals surface area contributed by atoms with Crippen molar-refractivity contribution in [1.82, 2.24) is 19.9 Å². The van der Waals surface area contributed by atoms with Crippen LogP contribution in [-0.2, 0) is 16.3 Å². The van der Waals surface area contributed by atoms with E-state index in [0.717, 1.165) is 49.4 Å². The summed E-state index contributed by atoms with van der Waals surface area (Å²) >= 11 is 0. The predicted octanol–water partition coefficient (Wildman–Crippen LogP) is 2.12. The van der Waals surface area contributed by atoms with Gasteiger partial charge in [-0.05, 0) is 30.2 Å². The fraction of sp³-hybridized carbons (Fsp3) is 0.364. The number of rotatable bonds is 5. The second-order valence-electron chi connectivity index (χ2n) is 8.22. The van der Waals surface area contributed by atoms with Gasteiger partial charge in [0.15, 0.2) is 15.6 Å². The molecule has 1 aromatic carbocycles. The lowest BCUT2D eigenvalue weighted by Crippen LogP contribution is -2.39. The van der Waals surface area contributed by atoms with Crippen LogP contribution in [0.4, 0.5) is 17.5 Å². The summed E-state index contributed by atoms with van der Waals surface area (Å²) in [5.74, 6) is 1.89. The van der Waals surface area contributed by atoms with E-state index in [1.54, 1.807) is 12.1 Å². The highest BCUT2D eigenvalue weighted by Crippen LogP contribution is 2.35. The van der Waals surface area contributed by atoms with Gasteiger partial charge < -0.3 is 19.6 Å². The van der Waals surface area contributed by atoms with Crippen molar-refractivity contribution < 1.29 is 18.3 Å². The quantitative estimate of drug-likeness (QED) is 0.596. The molecule has 2 aliphatic heterocycles. The Morgan fingerprint density at radius 2 is 1.79 bits per heavy atom. The highest BCUT2D eigenvalue weighted by atomic mass is 32.2. The van der Waals surface area contributed by atoms with Crippen molar-refractivity contribution in [3.63, 3.8) is 0 Å². The van der Waals surface area contributed by atoms with Gasteiger partial charge in [-0.1, -0.05) is 0 Å². The van der Waals surface area contributed by atoms with Crippen LogP contribution in [-0.4, -0.2) is 65.5 Å². The summed E-state index contributed by atoms with van der Waals surface area (Å²) < 4.78 is 29.9. The van der Waals surface area contributed by atoms with Crippen LogP contribution < -0.4 is 14.5 Å². The van der Waals surface area contributed by atoms with Crippen LogP contribution in [0.25, 0.3) is 0 Å². The Balaban J connectivity index is 1.25. The molecule has 1 fully saturated rings. The summed E-state index contributed by atoms with van der Waals surface area (Å²) in [4.78, 5) is 21.5. The van der Waals surface area contributed by atoms with Crippen molar-refractivity contribution in [3.05, 3.63) is 48.5 Å². The SMILES string of the molecule is CS(=O)(=O)c1ccc2c(c1)CCN2c1cc(OC2CCN(c3ncc(O)cn3)CC2)ncn1. The average molecular weight is 469 g/mol. The number of sulfone groups is 1. The number of hydrogen-bond acceptors (Lipinski definition) is 10. The highest BCUT2D eigenvalue weighted by molar-refractivity contribution is 7.90. The van der Waals surface area contributed by atoms with Crippen molar-refractivity contribution in [3.8, 4) is 11.6 Å². The maximum Gasteiger partial charge on any atom is 0.225 e. The third-order valence-corrected chi connectivity index (χ3v) is 7.03. The largest absolute Gasteiger partial charge is 0.505 e. The van der Waals surface area contributed by atoms with E-state index in [1.165, 1.54) is 25.0 Å². The number of aromatic nitrogens is 4. The second kappa shape index (κ2) is 8.47. The molecule has 33 heavy (non-hydrogen) atoms. The molecule has 11 heteroatoms. The smallest absolute Gasteiger partial charge is 0.225 e. The molecule has 1 saturated heterocycles. The maximum atomic E-state index is 11.9. The van der Waals surface area contributed by atoms with Gasteiger partial charge in [0.25, 0.3) is 0 Å². The summed E-state index contributed by atoms with van der Waals surface area (Å²) in [7, 11) is -3.24. The molecule has 0 spiro atoms. The minimum absolute atomic E-state index is 0.0179. The van der Waals surface area contributed by atoms with Crippen LogP contribution in [0.2, 0.25) is 0 Å². The first-order chi connectivity index (χ1) is 15.9. The number of nitrogens with zero attached hydrogens (tertiary/aromatic N) is 6. The highest BCUT2D eigenvalue weighted by Gasteiger charge is 2.25. The molecule has 10 nitrogen and oxygen atoms in total. The zero-order chi connectivity index (χ0) is 23.0. The van der Waals surface area contributed by atoms with E-state index in [9.17, 15) is 13.5 Å². The number of ether oxygens (including phenoxy) is 1. The Labute approximate surface area is 191 Å². The van der Waals surface area contributed by atoms with Gasteiger partial charge in [-0.2, -0.15) is 0 Å². The zero-order valence-electron chi connectivity index (χ0n) is 18.1. The van der Waals surface area contributed by atoms with E-state index in [4.69, 9.17) is 4.74 Å². The molecule has 5 rings (SSSR count). The standard InChI is InChI=1S/C22H24N6O4S/c1-33(30,31)18-2-3-19-15(10-18)4-9-28(19)20-11-21(26-14-25-20)32-17-5-7-27(8-6-17)22-23-12-16(29)13-24-22/h2-3,10-14,17,29H,4-9H2,1H3. The van der Waals surface area contributed by atoms with E-state index in [1.807, 2.05) is 12.1 Å². The average Bonchev–Trinajstić information content (AvgIpc) is 3.23. The zero-order valence-corrected chi connectivity index (χ0v) is 18.9. The van der Waals surface area contributed by atoms with Crippen LogP contribution >= 0.6 is 0 Å². The third kappa shape index (κ3) is 4.54. The van der Waals surface area contributed by atoms with E-state index < -0.39 is 9.84 Å². The number of piperidine rings is 1. The predicted molar refractivity (Wildman–Crippen MR) is 122 cm³/mol. The van der Waals surface area contributed by atoms with Gasteiger partial charge in [0.1, 0.15) is 18.2 Å². The molecule has 0 atom stereocenters. The summed E-state index contributed by atoms with van der Waals surface area (Å²) in [6.07, 6.45) is 7.86. The van der Waals surface area contributed by atoms with Crippen LogP contribution in [0.3, 0.4) is 0 Å². The molecule has 0 aliphatic carbocycles. The summed E-state index contributed by atoms with van der Waals surface area (Å²) in [5, 5.41) is 9.36. The first kappa shape index (κ1) is 21.4. The van der Waals surface area contributed by atoms with Gasteiger partial charge in [-0.25, -0.2) is 28.4 Å². The van der Waals surface area contributed by atoms with Gasteiger partial charge in [0.2, 0.25) is 11.8 Å². The van der Waals surface area contributed by atoms with Crippen molar-refractivity contribution in [2.45, 2.75) is 30.3 Å². The van der Waals surface area contributed by atoms with Gasteiger partial charge in [-0.3, -0.25) is 0 Å². The number of fused-ring (bicyclic) bond motifs is 1. The van der Waals surface area contributed by atoms with Gasteiger partial charge >= 0.3 is 0 Å². The molecule has 1 N–H and O–H groups in total. The topological polar surface area (TPSA) is 122 Å². The molecule has 0 unspecified atom stereocenters. The van der Waals surface area contributed by atoms with Crippen molar-refractivity contribution in [1.29, 1.82) is 0 Å². The third-order valence-electron chi connectivity index (χ3n) is 5.92. The number of hydrogen-bond donors (Lipinski definition) is 1. The molecule has 0 amide bonds. The minimum atomic E-state index is -3.24. The van der Waals surface area contributed by atoms with E-state index in [0.29, 0.717) is 23.3 Å². The molecular formula is C22H24N6O4S. The van der Waals surface area contributed by atoms with E-state index in [-0.39, 0.29) is 11.9 Å². The maximum absolute atomic E-state index is 11.9. The number of aromatic hydroxyl groups is 1. The number of anilines is 3. The number of benzene rings is 1. The summed E-state index contributed by atoms with van der Waals surface area (Å²) in [6.45, 7) is 2.20. The summed E-state index contributed by atoms with van der Waals surface area (Å²) in [6, 6.07) is 7.04. The lowest BCUT2D eigenvalue weighted by molar-refractivity contribution is 0.163. The van der Waals surface area contributed by atoms with Crippen LogP contribution in [0, 0.1) is 0 Å². The second-order valence-corrected chi connectivity index (χ2v) is 10.2. The van der Waals surface area contributed by atoms with Crippen molar-refractivity contribution in [2.24, 2.45) is 0 Å².